The monoisotopic (exact) mass is 680 g/mol. The topological polar surface area (TPSA) is 83.9 Å². The van der Waals surface area contributed by atoms with Gasteiger partial charge in [-0.1, -0.05) is 24.3 Å². The molecule has 2 atom stereocenters. The fraction of sp³-hybridized carbons (Fsp3) is 0.500. The lowest BCUT2D eigenvalue weighted by atomic mass is 9.92. The molecule has 4 aliphatic rings. The summed E-state index contributed by atoms with van der Waals surface area (Å²) < 4.78 is 70.7. The van der Waals surface area contributed by atoms with E-state index in [4.69, 9.17) is 14.5 Å². The number of amides is 1. The number of pyridine rings is 1. The zero-order chi connectivity index (χ0) is 35.0. The Morgan fingerprint density at radius 2 is 1.71 bits per heavy atom. The Bertz CT molecular complexity index is 1840. The largest absolute Gasteiger partial charge is 0.461 e. The van der Waals surface area contributed by atoms with Gasteiger partial charge >= 0.3 is 12.1 Å². The maximum absolute atomic E-state index is 16.6. The molecule has 0 saturated carbocycles. The van der Waals surface area contributed by atoms with E-state index in [9.17, 15) is 18.0 Å². The summed E-state index contributed by atoms with van der Waals surface area (Å²) in [6.45, 7) is 17.7. The predicted molar refractivity (Wildman–Crippen MR) is 177 cm³/mol. The first kappa shape index (κ1) is 33.2. The van der Waals surface area contributed by atoms with Crippen molar-refractivity contribution in [3.63, 3.8) is 0 Å². The van der Waals surface area contributed by atoms with Gasteiger partial charge in [0.1, 0.15) is 35.1 Å². The number of carbonyl (C=O) groups is 1. The van der Waals surface area contributed by atoms with Gasteiger partial charge in [0.25, 0.3) is 6.43 Å². The molecule has 4 fully saturated rings. The highest BCUT2D eigenvalue weighted by Crippen LogP contribution is 2.43. The zero-order valence-corrected chi connectivity index (χ0v) is 28.2. The minimum Gasteiger partial charge on any atom is -0.461 e. The number of nitrogens with zero attached hydrogens (tertiary/aromatic N) is 6. The van der Waals surface area contributed by atoms with E-state index in [1.807, 2.05) is 25.7 Å². The molecule has 1 amide bonds. The third kappa shape index (κ3) is 6.00. The predicted octanol–water partition coefficient (Wildman–Crippen LogP) is 7.14. The van der Waals surface area contributed by atoms with E-state index in [0.29, 0.717) is 18.9 Å². The van der Waals surface area contributed by atoms with E-state index >= 15 is 4.39 Å². The molecule has 0 radical (unpaired) electrons. The molecule has 0 N–H and O–H groups in total. The first-order valence-electron chi connectivity index (χ1n) is 16.5. The number of halogens is 4. The highest BCUT2D eigenvalue weighted by Gasteiger charge is 2.48. The third-order valence-electron chi connectivity index (χ3n) is 10.0. The van der Waals surface area contributed by atoms with Crippen molar-refractivity contribution in [3.8, 4) is 17.3 Å². The van der Waals surface area contributed by atoms with Gasteiger partial charge in [-0.15, -0.1) is 0 Å². The molecule has 2 bridgehead atoms. The van der Waals surface area contributed by atoms with Gasteiger partial charge in [0, 0.05) is 43.5 Å². The molecule has 3 aromatic rings. The Morgan fingerprint density at radius 3 is 2.33 bits per heavy atom. The van der Waals surface area contributed by atoms with Crippen LogP contribution in [0, 0.1) is 18.6 Å². The lowest BCUT2D eigenvalue weighted by molar-refractivity contribution is 0.0122. The summed E-state index contributed by atoms with van der Waals surface area (Å²) in [6.07, 6.45) is 1.03. The van der Waals surface area contributed by atoms with Gasteiger partial charge in [0.2, 0.25) is 0 Å². The smallest absolute Gasteiger partial charge is 0.410 e. The Morgan fingerprint density at radius 1 is 1.06 bits per heavy atom. The third-order valence-corrected chi connectivity index (χ3v) is 10.0. The molecule has 1 aromatic carbocycles. The fourth-order valence-corrected chi connectivity index (χ4v) is 7.93. The molecule has 13 heteroatoms. The van der Waals surface area contributed by atoms with E-state index in [0.717, 1.165) is 62.1 Å². The molecule has 0 aliphatic carbocycles. The Labute approximate surface area is 282 Å². The van der Waals surface area contributed by atoms with Crippen LogP contribution >= 0.6 is 0 Å². The van der Waals surface area contributed by atoms with Crippen molar-refractivity contribution >= 4 is 22.8 Å². The lowest BCUT2D eigenvalue weighted by Crippen LogP contribution is -2.57. The minimum absolute atomic E-state index is 0.0159. The molecular formula is C36H40F4N6O3. The van der Waals surface area contributed by atoms with E-state index < -0.39 is 29.2 Å². The summed E-state index contributed by atoms with van der Waals surface area (Å²) in [5, 5.41) is 0.283. The van der Waals surface area contributed by atoms with Crippen LogP contribution in [0.5, 0.6) is 6.01 Å². The second kappa shape index (κ2) is 12.0. The van der Waals surface area contributed by atoms with Crippen molar-refractivity contribution in [2.75, 3.05) is 37.7 Å². The van der Waals surface area contributed by atoms with Crippen LogP contribution in [0.25, 0.3) is 22.2 Å². The maximum atomic E-state index is 16.6. The molecule has 4 aliphatic heterocycles. The van der Waals surface area contributed by atoms with Crippen molar-refractivity contribution in [2.24, 2.45) is 0 Å². The maximum Gasteiger partial charge on any atom is 0.410 e. The van der Waals surface area contributed by atoms with Crippen LogP contribution in [-0.2, 0) is 4.74 Å². The SMILES string of the molecule is C=C1CN2CC(=C)CC2(COc2nc(N3CC4CCC(C3)N4C(=O)OC(C)(C)C)c3cnc(-c4cc(C(F)F)cc(F)c4C)c(F)c3n2)C1. The summed E-state index contributed by atoms with van der Waals surface area (Å²) in [4.78, 5) is 32.9. The summed E-state index contributed by atoms with van der Waals surface area (Å²) in [6, 6.07) is 1.42. The van der Waals surface area contributed by atoms with Gasteiger partial charge in [0.15, 0.2) is 5.82 Å². The minimum atomic E-state index is -2.96. The number of aromatic nitrogens is 3. The zero-order valence-electron chi connectivity index (χ0n) is 28.2. The quantitative estimate of drug-likeness (QED) is 0.201. The van der Waals surface area contributed by atoms with Gasteiger partial charge in [-0.25, -0.2) is 22.4 Å². The molecule has 2 unspecified atom stereocenters. The van der Waals surface area contributed by atoms with Crippen LogP contribution in [0.4, 0.5) is 28.2 Å². The number of carbonyl (C=O) groups excluding carboxylic acids is 1. The van der Waals surface area contributed by atoms with Crippen LogP contribution in [0.15, 0.2) is 42.6 Å². The molecule has 0 spiro atoms. The number of hydrogen-bond donors (Lipinski definition) is 0. The van der Waals surface area contributed by atoms with Crippen LogP contribution in [-0.4, -0.2) is 86.9 Å². The van der Waals surface area contributed by atoms with E-state index in [-0.39, 0.29) is 64.1 Å². The van der Waals surface area contributed by atoms with E-state index in [2.05, 4.69) is 28.0 Å². The molecular weight excluding hydrogens is 640 g/mol. The van der Waals surface area contributed by atoms with Gasteiger partial charge < -0.3 is 14.4 Å². The second-order valence-corrected chi connectivity index (χ2v) is 14.9. The summed E-state index contributed by atoms with van der Waals surface area (Å²) in [7, 11) is 0. The van der Waals surface area contributed by atoms with Crippen molar-refractivity contribution in [1.29, 1.82) is 0 Å². The lowest BCUT2D eigenvalue weighted by Gasteiger charge is -2.42. The van der Waals surface area contributed by atoms with Crippen LogP contribution < -0.4 is 9.64 Å². The Hall–Kier alpha value is -4.26. The molecule has 6 heterocycles. The highest BCUT2D eigenvalue weighted by atomic mass is 19.3. The number of alkyl halides is 2. The number of anilines is 1. The average molecular weight is 681 g/mol. The van der Waals surface area contributed by atoms with Crippen molar-refractivity contribution < 1.29 is 31.8 Å². The van der Waals surface area contributed by atoms with E-state index in [1.54, 1.807) is 4.90 Å². The summed E-state index contributed by atoms with van der Waals surface area (Å²) in [5.41, 5.74) is 0.0438. The average Bonchev–Trinajstić information content (AvgIpc) is 3.59. The molecule has 260 valence electrons. The Kier molecular flexibility index (Phi) is 8.11. The van der Waals surface area contributed by atoms with Crippen LogP contribution in [0.3, 0.4) is 0 Å². The molecule has 2 aromatic heterocycles. The first-order valence-corrected chi connectivity index (χ1v) is 16.5. The van der Waals surface area contributed by atoms with Gasteiger partial charge in [0.05, 0.1) is 23.0 Å². The van der Waals surface area contributed by atoms with E-state index in [1.165, 1.54) is 13.1 Å². The number of hydrogen-bond acceptors (Lipinski definition) is 8. The van der Waals surface area contributed by atoms with Crippen LogP contribution in [0.2, 0.25) is 0 Å². The molecule has 4 saturated heterocycles. The molecule has 9 nitrogen and oxygen atoms in total. The first-order chi connectivity index (χ1) is 23.1. The molecule has 7 rings (SSSR count). The van der Waals surface area contributed by atoms with Crippen LogP contribution in [0.1, 0.15) is 64.0 Å². The van der Waals surface area contributed by atoms with Crippen molar-refractivity contribution in [2.45, 2.75) is 83.0 Å². The number of benzene rings is 1. The van der Waals surface area contributed by atoms with Crippen molar-refractivity contribution in [3.05, 3.63) is 65.4 Å². The summed E-state index contributed by atoms with van der Waals surface area (Å²) in [5.74, 6) is -1.41. The normalized spacial score (nSPS) is 22.1. The standard InChI is InChI=1S/C36H40F4N6O3/c1-19-11-36(12-20(2)15-45(36)14-19)18-48-33-42-30-26(13-41-29(28(30)38)25-9-22(31(39)40)10-27(37)21(25)3)32(43-33)44-16-23-7-8-24(17-44)46(23)34(47)49-35(4,5)6/h9-10,13,23-24,31H,1-2,7-8,11-12,14-18H2,3-6H3. The second-order valence-electron chi connectivity index (χ2n) is 14.9. The van der Waals surface area contributed by atoms with Gasteiger partial charge in [-0.05, 0) is 71.1 Å². The van der Waals surface area contributed by atoms with Gasteiger partial charge in [-0.3, -0.25) is 14.8 Å². The van der Waals surface area contributed by atoms with Crippen molar-refractivity contribution in [1.82, 2.24) is 24.8 Å². The highest BCUT2D eigenvalue weighted by molar-refractivity contribution is 5.92. The summed E-state index contributed by atoms with van der Waals surface area (Å²) >= 11 is 0. The number of ether oxygens (including phenoxy) is 2. The fourth-order valence-electron chi connectivity index (χ4n) is 7.93. The number of rotatable bonds is 6. The van der Waals surface area contributed by atoms with Gasteiger partial charge in [-0.2, -0.15) is 9.97 Å². The number of piperazine rings is 1. The Balaban J connectivity index is 1.29. The number of fused-ring (bicyclic) bond motifs is 4. The molecule has 49 heavy (non-hydrogen) atoms.